The minimum absolute atomic E-state index is 0.0190. The Morgan fingerprint density at radius 1 is 1.10 bits per heavy atom. The van der Waals surface area contributed by atoms with E-state index in [9.17, 15) is 4.79 Å². The minimum Gasteiger partial charge on any atom is -0.399 e. The lowest BCUT2D eigenvalue weighted by molar-refractivity contribution is 0.0741. The Labute approximate surface area is 133 Å². The molecule has 0 radical (unpaired) electrons. The molecule has 0 saturated carbocycles. The predicted molar refractivity (Wildman–Crippen MR) is 90.7 cm³/mol. The van der Waals surface area contributed by atoms with Gasteiger partial charge in [-0.05, 0) is 42.9 Å². The SMILES string of the molecule is CC(C)CCN(CCC(C)C)C(=O)c1cc(N)cc(Cl)c1. The number of amides is 1. The molecule has 1 amide bonds. The van der Waals surface area contributed by atoms with E-state index in [1.165, 1.54) is 0 Å². The number of halogens is 1. The molecule has 0 saturated heterocycles. The summed E-state index contributed by atoms with van der Waals surface area (Å²) >= 11 is 6.00. The normalized spacial score (nSPS) is 11.2. The van der Waals surface area contributed by atoms with Crippen LogP contribution >= 0.6 is 11.6 Å². The molecule has 1 rings (SSSR count). The van der Waals surface area contributed by atoms with Crippen molar-refractivity contribution in [2.24, 2.45) is 11.8 Å². The third kappa shape index (κ3) is 6.38. The lowest BCUT2D eigenvalue weighted by Gasteiger charge is -2.25. The Morgan fingerprint density at radius 2 is 1.62 bits per heavy atom. The van der Waals surface area contributed by atoms with Crippen molar-refractivity contribution in [3.63, 3.8) is 0 Å². The summed E-state index contributed by atoms with van der Waals surface area (Å²) in [5, 5.41) is 0.506. The number of hydrogen-bond donors (Lipinski definition) is 1. The largest absolute Gasteiger partial charge is 0.399 e. The van der Waals surface area contributed by atoms with Gasteiger partial charge >= 0.3 is 0 Å². The second-order valence-electron chi connectivity index (χ2n) is 6.43. The van der Waals surface area contributed by atoms with Crippen molar-refractivity contribution < 1.29 is 4.79 Å². The van der Waals surface area contributed by atoms with Crippen LogP contribution in [-0.2, 0) is 0 Å². The van der Waals surface area contributed by atoms with Crippen molar-refractivity contribution in [2.75, 3.05) is 18.8 Å². The lowest BCUT2D eigenvalue weighted by atomic mass is 10.1. The Morgan fingerprint density at radius 3 is 2.05 bits per heavy atom. The molecule has 0 unspecified atom stereocenters. The Kier molecular flexibility index (Phi) is 7.03. The highest BCUT2D eigenvalue weighted by Gasteiger charge is 2.17. The summed E-state index contributed by atoms with van der Waals surface area (Å²) in [6, 6.07) is 5.05. The zero-order valence-electron chi connectivity index (χ0n) is 13.5. The van der Waals surface area contributed by atoms with Gasteiger partial charge in [0.1, 0.15) is 0 Å². The van der Waals surface area contributed by atoms with Gasteiger partial charge in [0.15, 0.2) is 0 Å². The Balaban J connectivity index is 2.86. The fourth-order valence-electron chi connectivity index (χ4n) is 2.06. The quantitative estimate of drug-likeness (QED) is 0.756. The van der Waals surface area contributed by atoms with Crippen LogP contribution in [0.3, 0.4) is 0 Å². The van der Waals surface area contributed by atoms with Gasteiger partial charge in [-0.15, -0.1) is 0 Å². The average molecular weight is 311 g/mol. The summed E-state index contributed by atoms with van der Waals surface area (Å²) in [6.45, 7) is 10.2. The molecular weight excluding hydrogens is 284 g/mol. The van der Waals surface area contributed by atoms with Gasteiger partial charge in [-0.1, -0.05) is 39.3 Å². The van der Waals surface area contributed by atoms with E-state index in [0.717, 1.165) is 25.9 Å². The maximum Gasteiger partial charge on any atom is 0.253 e. The molecule has 0 heterocycles. The average Bonchev–Trinajstić information content (AvgIpc) is 2.36. The molecule has 0 spiro atoms. The van der Waals surface area contributed by atoms with E-state index in [1.54, 1.807) is 18.2 Å². The van der Waals surface area contributed by atoms with Crippen LogP contribution in [0.1, 0.15) is 50.9 Å². The molecule has 3 nitrogen and oxygen atoms in total. The summed E-state index contributed by atoms with van der Waals surface area (Å²) in [5.74, 6) is 1.16. The first-order valence-electron chi connectivity index (χ1n) is 7.65. The lowest BCUT2D eigenvalue weighted by Crippen LogP contribution is -2.34. The van der Waals surface area contributed by atoms with Gasteiger partial charge in [0.05, 0.1) is 0 Å². The number of nitrogens with zero attached hydrogens (tertiary/aromatic N) is 1. The number of nitrogens with two attached hydrogens (primary N) is 1. The second kappa shape index (κ2) is 8.28. The molecule has 1 aromatic carbocycles. The van der Waals surface area contributed by atoms with Crippen molar-refractivity contribution in [3.05, 3.63) is 28.8 Å². The first-order valence-corrected chi connectivity index (χ1v) is 8.02. The van der Waals surface area contributed by atoms with Gasteiger partial charge in [-0.2, -0.15) is 0 Å². The van der Waals surface area contributed by atoms with Crippen LogP contribution in [0, 0.1) is 11.8 Å². The maximum absolute atomic E-state index is 12.7. The molecule has 4 heteroatoms. The highest BCUT2D eigenvalue weighted by Crippen LogP contribution is 2.19. The van der Waals surface area contributed by atoms with Crippen molar-refractivity contribution in [2.45, 2.75) is 40.5 Å². The van der Waals surface area contributed by atoms with Gasteiger partial charge in [0.25, 0.3) is 5.91 Å². The number of carbonyl (C=O) groups excluding carboxylic acids is 1. The zero-order valence-corrected chi connectivity index (χ0v) is 14.3. The fraction of sp³-hybridized carbons (Fsp3) is 0.588. The molecular formula is C17H27ClN2O. The third-order valence-electron chi connectivity index (χ3n) is 3.41. The van der Waals surface area contributed by atoms with Crippen LogP contribution in [0.5, 0.6) is 0 Å². The first kappa shape index (κ1) is 17.8. The summed E-state index contributed by atoms with van der Waals surface area (Å²) in [7, 11) is 0. The number of nitrogen functional groups attached to an aromatic ring is 1. The smallest absolute Gasteiger partial charge is 0.253 e. The van der Waals surface area contributed by atoms with Gasteiger partial charge in [0, 0.05) is 29.4 Å². The third-order valence-corrected chi connectivity index (χ3v) is 3.63. The van der Waals surface area contributed by atoms with Crippen LogP contribution in [0.4, 0.5) is 5.69 Å². The van der Waals surface area contributed by atoms with E-state index in [4.69, 9.17) is 17.3 Å². The van der Waals surface area contributed by atoms with E-state index in [2.05, 4.69) is 27.7 Å². The van der Waals surface area contributed by atoms with E-state index >= 15 is 0 Å². The van der Waals surface area contributed by atoms with Gasteiger partial charge in [0.2, 0.25) is 0 Å². The zero-order chi connectivity index (χ0) is 16.0. The van der Waals surface area contributed by atoms with Crippen molar-refractivity contribution in [1.82, 2.24) is 4.90 Å². The van der Waals surface area contributed by atoms with E-state index in [0.29, 0.717) is 28.1 Å². The summed E-state index contributed by atoms with van der Waals surface area (Å²) < 4.78 is 0. The van der Waals surface area contributed by atoms with Crippen LogP contribution in [0.25, 0.3) is 0 Å². The number of carbonyl (C=O) groups is 1. The highest BCUT2D eigenvalue weighted by molar-refractivity contribution is 6.31. The molecule has 1 aromatic rings. The minimum atomic E-state index is 0.0190. The summed E-state index contributed by atoms with van der Waals surface area (Å²) in [6.07, 6.45) is 2.00. The molecule has 118 valence electrons. The number of hydrogen-bond acceptors (Lipinski definition) is 2. The molecule has 0 bridgehead atoms. The molecule has 0 aliphatic heterocycles. The molecule has 0 aliphatic rings. The predicted octanol–water partition coefficient (Wildman–Crippen LogP) is 4.46. The van der Waals surface area contributed by atoms with E-state index < -0.39 is 0 Å². The van der Waals surface area contributed by atoms with Crippen molar-refractivity contribution in [1.29, 1.82) is 0 Å². The maximum atomic E-state index is 12.7. The van der Waals surface area contributed by atoms with Crippen LogP contribution in [0.2, 0.25) is 5.02 Å². The van der Waals surface area contributed by atoms with Gasteiger partial charge in [-0.3, -0.25) is 4.79 Å². The molecule has 0 fully saturated rings. The Hall–Kier alpha value is -1.22. The molecule has 21 heavy (non-hydrogen) atoms. The van der Waals surface area contributed by atoms with Gasteiger partial charge < -0.3 is 10.6 Å². The van der Waals surface area contributed by atoms with E-state index in [-0.39, 0.29) is 5.91 Å². The highest BCUT2D eigenvalue weighted by atomic mass is 35.5. The number of anilines is 1. The van der Waals surface area contributed by atoms with Crippen LogP contribution in [0.15, 0.2) is 18.2 Å². The van der Waals surface area contributed by atoms with Crippen LogP contribution < -0.4 is 5.73 Å². The standard InChI is InChI=1S/C17H27ClN2O/c1-12(2)5-7-20(8-6-13(3)4)17(21)14-9-15(18)11-16(19)10-14/h9-13H,5-8,19H2,1-4H3. The Bertz CT molecular complexity index is 440. The first-order chi connectivity index (χ1) is 9.79. The molecule has 0 aromatic heterocycles. The van der Waals surface area contributed by atoms with Crippen molar-refractivity contribution in [3.8, 4) is 0 Å². The van der Waals surface area contributed by atoms with Crippen molar-refractivity contribution >= 4 is 23.2 Å². The van der Waals surface area contributed by atoms with Gasteiger partial charge in [-0.25, -0.2) is 0 Å². The number of benzene rings is 1. The summed E-state index contributed by atoms with van der Waals surface area (Å²) in [4.78, 5) is 14.6. The molecule has 2 N–H and O–H groups in total. The monoisotopic (exact) mass is 310 g/mol. The summed E-state index contributed by atoms with van der Waals surface area (Å²) in [5.41, 5.74) is 6.89. The van der Waals surface area contributed by atoms with Crippen LogP contribution in [-0.4, -0.2) is 23.9 Å². The van der Waals surface area contributed by atoms with E-state index in [1.807, 2.05) is 4.90 Å². The second-order valence-corrected chi connectivity index (χ2v) is 6.87. The molecule has 0 atom stereocenters. The topological polar surface area (TPSA) is 46.3 Å². The molecule has 0 aliphatic carbocycles. The fourth-order valence-corrected chi connectivity index (χ4v) is 2.30. The number of rotatable bonds is 7.